The largest absolute Gasteiger partial charge is 0.505 e. The number of aromatic nitrogens is 1. The van der Waals surface area contributed by atoms with Crippen LogP contribution in [0.5, 0.6) is 5.75 Å². The van der Waals surface area contributed by atoms with Gasteiger partial charge in [-0.2, -0.15) is 0 Å². The summed E-state index contributed by atoms with van der Waals surface area (Å²) in [7, 11) is 1.71. The Morgan fingerprint density at radius 2 is 1.76 bits per heavy atom. The number of aryl methyl sites for hydroxylation is 1. The van der Waals surface area contributed by atoms with Crippen molar-refractivity contribution in [1.29, 1.82) is 0 Å². The van der Waals surface area contributed by atoms with Crippen LogP contribution in [0.3, 0.4) is 0 Å². The van der Waals surface area contributed by atoms with E-state index in [4.69, 9.17) is 5.73 Å². The second-order valence-corrected chi connectivity index (χ2v) is 10.00. The molecule has 2 amide bonds. The second-order valence-electron chi connectivity index (χ2n) is 10.00. The van der Waals surface area contributed by atoms with Gasteiger partial charge in [-0.1, -0.05) is 19.1 Å². The van der Waals surface area contributed by atoms with E-state index in [-0.39, 0.29) is 35.8 Å². The van der Waals surface area contributed by atoms with Gasteiger partial charge in [-0.05, 0) is 83.2 Å². The first-order valence-corrected chi connectivity index (χ1v) is 12.4. The molecule has 208 valence electrons. The molecule has 0 aliphatic carbocycles. The van der Waals surface area contributed by atoms with Crippen LogP contribution in [0.1, 0.15) is 58.7 Å². The summed E-state index contributed by atoms with van der Waals surface area (Å²) in [5, 5.41) is 14.2. The number of nitrogens with zero attached hydrogens (tertiary/aromatic N) is 2. The van der Waals surface area contributed by atoms with Crippen molar-refractivity contribution in [3.05, 3.63) is 71.6 Å². The summed E-state index contributed by atoms with van der Waals surface area (Å²) < 4.78 is 26.0. The van der Waals surface area contributed by atoms with Gasteiger partial charge in [0.05, 0.1) is 0 Å². The minimum Gasteiger partial charge on any atom is -0.505 e. The average molecular weight is 531 g/mol. The molecular weight excluding hydrogens is 490 g/mol. The number of para-hydroxylation sites is 1. The van der Waals surface area contributed by atoms with Gasteiger partial charge in [0.15, 0.2) is 11.6 Å². The van der Waals surface area contributed by atoms with Gasteiger partial charge in [0.1, 0.15) is 11.6 Å². The molecule has 0 spiro atoms. The SMILES string of the molecule is CC(C)=O.CCC(CC(C)(C)N)N(C)C(=O)NCc1cccc(F)c1O.Cc1cc2cc(F)ccc2cn1. The van der Waals surface area contributed by atoms with Gasteiger partial charge in [-0.3, -0.25) is 4.98 Å². The molecule has 3 aromatic rings. The summed E-state index contributed by atoms with van der Waals surface area (Å²) in [6.45, 7) is 10.9. The minimum absolute atomic E-state index is 0.0149. The maximum absolute atomic E-state index is 13.2. The fourth-order valence-corrected chi connectivity index (χ4v) is 3.55. The molecule has 0 bridgehead atoms. The summed E-state index contributed by atoms with van der Waals surface area (Å²) in [6.07, 6.45) is 3.22. The van der Waals surface area contributed by atoms with E-state index in [9.17, 15) is 23.5 Å². The highest BCUT2D eigenvalue weighted by Crippen LogP contribution is 2.21. The average Bonchev–Trinajstić information content (AvgIpc) is 2.82. The monoisotopic (exact) mass is 530 g/mol. The standard InChI is InChI=1S/C16H26FN3O2.C10H8FN.C3H6O/c1-5-12(9-16(2,3)18)20(4)15(22)19-10-11-7-6-8-13(17)14(11)21;1-7-4-9-5-10(11)3-2-8(9)6-12-7;1-3(2)4/h6-8,12,21H,5,9-10,18H2,1-4H3,(H,19,22);2-6H,1H3;1-2H3. The van der Waals surface area contributed by atoms with Gasteiger partial charge in [-0.15, -0.1) is 0 Å². The van der Waals surface area contributed by atoms with Gasteiger partial charge in [0.25, 0.3) is 0 Å². The van der Waals surface area contributed by atoms with Crippen LogP contribution >= 0.6 is 0 Å². The number of nitrogens with one attached hydrogen (secondary N) is 1. The molecule has 9 heteroatoms. The topological polar surface area (TPSA) is 109 Å². The van der Waals surface area contributed by atoms with Gasteiger partial charge in [0, 0.05) is 48.0 Å². The number of carbonyl (C=O) groups excluding carboxylic acids is 2. The molecule has 0 saturated heterocycles. The van der Waals surface area contributed by atoms with Gasteiger partial charge >= 0.3 is 6.03 Å². The van der Waals surface area contributed by atoms with Crippen LogP contribution in [0.25, 0.3) is 10.8 Å². The molecule has 38 heavy (non-hydrogen) atoms. The van der Waals surface area contributed by atoms with Crippen molar-refractivity contribution in [2.75, 3.05) is 7.05 Å². The van der Waals surface area contributed by atoms with Gasteiger partial charge in [-0.25, -0.2) is 13.6 Å². The zero-order valence-corrected chi connectivity index (χ0v) is 23.3. The number of benzene rings is 2. The lowest BCUT2D eigenvalue weighted by Crippen LogP contribution is -2.47. The Kier molecular flexibility index (Phi) is 12.8. The maximum atomic E-state index is 13.2. The molecule has 1 aromatic heterocycles. The summed E-state index contributed by atoms with van der Waals surface area (Å²) in [6, 6.07) is 10.5. The van der Waals surface area contributed by atoms with Crippen LogP contribution in [0, 0.1) is 18.6 Å². The van der Waals surface area contributed by atoms with Crippen LogP contribution in [0.4, 0.5) is 13.6 Å². The number of phenolic OH excluding ortho intramolecular Hbond substituents is 1. The van der Waals surface area contributed by atoms with E-state index >= 15 is 0 Å². The number of fused-ring (bicyclic) bond motifs is 1. The molecule has 0 aliphatic rings. The molecule has 1 heterocycles. The van der Waals surface area contributed by atoms with Crippen molar-refractivity contribution in [2.24, 2.45) is 5.73 Å². The Balaban J connectivity index is 0.000000373. The van der Waals surface area contributed by atoms with Crippen molar-refractivity contribution in [3.63, 3.8) is 0 Å². The number of pyridine rings is 1. The van der Waals surface area contributed by atoms with Crippen molar-refractivity contribution < 1.29 is 23.5 Å². The van der Waals surface area contributed by atoms with E-state index in [1.807, 2.05) is 33.8 Å². The highest BCUT2D eigenvalue weighted by molar-refractivity contribution is 5.81. The van der Waals surface area contributed by atoms with E-state index < -0.39 is 11.6 Å². The predicted molar refractivity (Wildman–Crippen MR) is 148 cm³/mol. The number of hydrogen-bond donors (Lipinski definition) is 3. The zero-order chi connectivity index (χ0) is 29.0. The van der Waals surface area contributed by atoms with E-state index in [0.29, 0.717) is 12.0 Å². The Morgan fingerprint density at radius 1 is 1.13 bits per heavy atom. The molecule has 0 saturated carbocycles. The number of hydrogen-bond acceptors (Lipinski definition) is 5. The molecule has 1 atom stereocenters. The summed E-state index contributed by atoms with van der Waals surface area (Å²) in [4.78, 5) is 27.4. The molecule has 1 unspecified atom stereocenters. The predicted octanol–water partition coefficient (Wildman–Crippen LogP) is 5.86. The van der Waals surface area contributed by atoms with E-state index in [0.717, 1.165) is 22.9 Å². The van der Waals surface area contributed by atoms with Crippen LogP contribution in [-0.2, 0) is 11.3 Å². The lowest BCUT2D eigenvalue weighted by atomic mass is 9.94. The highest BCUT2D eigenvalue weighted by Gasteiger charge is 2.24. The Labute approximate surface area is 224 Å². The van der Waals surface area contributed by atoms with Crippen molar-refractivity contribution in [3.8, 4) is 5.75 Å². The molecule has 2 aromatic carbocycles. The number of nitrogens with two attached hydrogens (primary N) is 1. The maximum Gasteiger partial charge on any atom is 0.317 e. The molecule has 4 N–H and O–H groups in total. The van der Waals surface area contributed by atoms with Crippen molar-refractivity contribution in [2.45, 2.75) is 72.5 Å². The lowest BCUT2D eigenvalue weighted by molar-refractivity contribution is -0.115. The minimum atomic E-state index is -0.698. The first-order valence-electron chi connectivity index (χ1n) is 12.4. The van der Waals surface area contributed by atoms with Gasteiger partial charge in [0.2, 0.25) is 0 Å². The Bertz CT molecular complexity index is 1170. The number of halogens is 2. The normalized spacial score (nSPS) is 11.4. The van der Waals surface area contributed by atoms with Crippen LogP contribution in [-0.4, -0.2) is 45.4 Å². The lowest BCUT2D eigenvalue weighted by Gasteiger charge is -2.32. The summed E-state index contributed by atoms with van der Waals surface area (Å²) in [5.41, 5.74) is 6.91. The number of rotatable bonds is 6. The Hall–Kier alpha value is -3.59. The third-order valence-corrected chi connectivity index (χ3v) is 5.42. The quantitative estimate of drug-likeness (QED) is 0.370. The molecule has 0 fully saturated rings. The first kappa shape index (κ1) is 32.4. The van der Waals surface area contributed by atoms with Crippen LogP contribution in [0.2, 0.25) is 0 Å². The smallest absolute Gasteiger partial charge is 0.317 e. The second kappa shape index (κ2) is 15.0. The summed E-state index contributed by atoms with van der Waals surface area (Å²) >= 11 is 0. The zero-order valence-electron chi connectivity index (χ0n) is 23.3. The van der Waals surface area contributed by atoms with E-state index in [1.165, 1.54) is 38.1 Å². The number of phenols is 1. The van der Waals surface area contributed by atoms with Gasteiger partial charge < -0.3 is 25.9 Å². The van der Waals surface area contributed by atoms with Crippen LogP contribution in [0.15, 0.2) is 48.7 Å². The molecule has 7 nitrogen and oxygen atoms in total. The number of carbonyl (C=O) groups is 2. The number of urea groups is 1. The number of Topliss-reactive ketones (excluding diaryl/α,β-unsaturated/α-hetero) is 1. The Morgan fingerprint density at radius 3 is 2.34 bits per heavy atom. The molecular formula is C29H40F2N4O3. The number of ketones is 1. The fourth-order valence-electron chi connectivity index (χ4n) is 3.55. The number of amides is 2. The third kappa shape index (κ3) is 11.6. The molecule has 0 aliphatic heterocycles. The van der Waals surface area contributed by atoms with Crippen molar-refractivity contribution in [1.82, 2.24) is 15.2 Å². The first-order chi connectivity index (χ1) is 17.6. The highest BCUT2D eigenvalue weighted by atomic mass is 19.1. The fraction of sp³-hybridized carbons (Fsp3) is 0.414. The summed E-state index contributed by atoms with van der Waals surface area (Å²) in [5.74, 6) is -1.16. The van der Waals surface area contributed by atoms with E-state index in [2.05, 4.69) is 10.3 Å². The molecule has 3 rings (SSSR count). The molecule has 0 radical (unpaired) electrons. The number of aromatic hydroxyl groups is 1. The van der Waals surface area contributed by atoms with Crippen molar-refractivity contribution >= 4 is 22.6 Å². The van der Waals surface area contributed by atoms with Crippen LogP contribution < -0.4 is 11.1 Å². The third-order valence-electron chi connectivity index (χ3n) is 5.42. The van der Waals surface area contributed by atoms with E-state index in [1.54, 1.807) is 30.3 Å².